The second-order valence-electron chi connectivity index (χ2n) is 3.18. The van der Waals surface area contributed by atoms with Gasteiger partial charge in [0.25, 0.3) is 0 Å². The van der Waals surface area contributed by atoms with Gasteiger partial charge < -0.3 is 10.5 Å². The predicted octanol–water partition coefficient (Wildman–Crippen LogP) is 3.70. The van der Waals surface area contributed by atoms with E-state index >= 15 is 0 Å². The summed E-state index contributed by atoms with van der Waals surface area (Å²) in [6, 6.07) is 8.05. The van der Waals surface area contributed by atoms with Crippen LogP contribution >= 0.6 is 22.9 Å². The Morgan fingerprint density at radius 2 is 2.12 bits per heavy atom. The Kier molecular flexibility index (Phi) is 3.31. The molecule has 0 atom stereocenters. The minimum Gasteiger partial charge on any atom is -0.488 e. The molecule has 1 aromatic heterocycles. The monoisotopic (exact) mass is 257 g/mol. The van der Waals surface area contributed by atoms with E-state index < -0.39 is 5.82 Å². The first-order valence-electron chi connectivity index (χ1n) is 4.57. The molecule has 2 N–H and O–H groups in total. The zero-order chi connectivity index (χ0) is 11.5. The molecule has 0 aliphatic heterocycles. The summed E-state index contributed by atoms with van der Waals surface area (Å²) in [5.41, 5.74) is 5.47. The molecular formula is C11H9ClFNOS. The molecule has 0 spiro atoms. The molecular weight excluding hydrogens is 249 g/mol. The Bertz CT molecular complexity index is 500. The molecule has 0 saturated carbocycles. The van der Waals surface area contributed by atoms with E-state index in [1.54, 1.807) is 12.1 Å². The van der Waals surface area contributed by atoms with Gasteiger partial charge in [0.1, 0.15) is 18.2 Å². The van der Waals surface area contributed by atoms with Gasteiger partial charge in [0.2, 0.25) is 0 Å². The Morgan fingerprint density at radius 3 is 2.75 bits per heavy atom. The van der Waals surface area contributed by atoms with Crippen molar-refractivity contribution in [2.45, 2.75) is 6.61 Å². The van der Waals surface area contributed by atoms with E-state index in [1.807, 2.05) is 6.07 Å². The van der Waals surface area contributed by atoms with Crippen molar-refractivity contribution in [3.63, 3.8) is 0 Å². The van der Waals surface area contributed by atoms with Crippen LogP contribution in [-0.4, -0.2) is 0 Å². The second kappa shape index (κ2) is 4.72. The molecule has 0 fully saturated rings. The lowest BCUT2D eigenvalue weighted by molar-refractivity contribution is 0.308. The van der Waals surface area contributed by atoms with Crippen LogP contribution in [0.5, 0.6) is 5.75 Å². The number of thiophene rings is 1. The maximum Gasteiger partial charge on any atom is 0.149 e. The quantitative estimate of drug-likeness (QED) is 0.851. The molecule has 0 aliphatic rings. The van der Waals surface area contributed by atoms with Crippen LogP contribution in [0.15, 0.2) is 30.3 Å². The van der Waals surface area contributed by atoms with Gasteiger partial charge in [-0.1, -0.05) is 11.6 Å². The number of rotatable bonds is 3. The third-order valence-corrected chi connectivity index (χ3v) is 3.19. The van der Waals surface area contributed by atoms with Gasteiger partial charge >= 0.3 is 0 Å². The number of benzene rings is 1. The minimum absolute atomic E-state index is 0.117. The Balaban J connectivity index is 2.02. The highest BCUT2D eigenvalue weighted by Gasteiger charge is 2.02. The summed E-state index contributed by atoms with van der Waals surface area (Å²) >= 11 is 7.21. The van der Waals surface area contributed by atoms with Crippen molar-refractivity contribution in [2.24, 2.45) is 0 Å². The molecule has 0 unspecified atom stereocenters. The third-order valence-electron chi connectivity index (χ3n) is 1.98. The molecule has 0 bridgehead atoms. The molecule has 1 heterocycles. The molecule has 2 aromatic rings. The van der Waals surface area contributed by atoms with Crippen molar-refractivity contribution < 1.29 is 9.13 Å². The number of hydrogen-bond acceptors (Lipinski definition) is 3. The van der Waals surface area contributed by atoms with Crippen LogP contribution < -0.4 is 10.5 Å². The summed E-state index contributed by atoms with van der Waals surface area (Å²) in [5, 5.41) is 0. The van der Waals surface area contributed by atoms with E-state index in [0.717, 1.165) is 4.88 Å². The van der Waals surface area contributed by atoms with Gasteiger partial charge in [0.05, 0.1) is 10.0 Å². The lowest BCUT2D eigenvalue weighted by atomic mass is 10.3. The molecule has 0 aliphatic carbocycles. The summed E-state index contributed by atoms with van der Waals surface area (Å²) in [6.45, 7) is 0.376. The van der Waals surface area contributed by atoms with E-state index in [4.69, 9.17) is 22.1 Å². The predicted molar refractivity (Wildman–Crippen MR) is 64.5 cm³/mol. The lowest BCUT2D eigenvalue weighted by Crippen LogP contribution is -1.95. The first kappa shape index (κ1) is 11.2. The van der Waals surface area contributed by atoms with Crippen molar-refractivity contribution in [1.29, 1.82) is 0 Å². The van der Waals surface area contributed by atoms with Crippen LogP contribution in [0, 0.1) is 5.82 Å². The lowest BCUT2D eigenvalue weighted by Gasteiger charge is -2.05. The summed E-state index contributed by atoms with van der Waals surface area (Å²) in [5.74, 6) is -0.0158. The standard InChI is InChI=1S/C11H9ClFNOS/c12-11-4-2-8(16-11)6-15-7-1-3-10(14)9(13)5-7/h1-5H,6,14H2. The van der Waals surface area contributed by atoms with Crippen LogP contribution in [0.2, 0.25) is 4.34 Å². The van der Waals surface area contributed by atoms with Gasteiger partial charge in [-0.2, -0.15) is 0 Å². The molecule has 2 nitrogen and oxygen atoms in total. The topological polar surface area (TPSA) is 35.2 Å². The van der Waals surface area contributed by atoms with Crippen molar-refractivity contribution >= 4 is 28.6 Å². The number of hydrogen-bond donors (Lipinski definition) is 1. The molecule has 84 valence electrons. The first-order valence-corrected chi connectivity index (χ1v) is 5.76. The van der Waals surface area contributed by atoms with E-state index in [0.29, 0.717) is 16.7 Å². The van der Waals surface area contributed by atoms with Crippen molar-refractivity contribution in [3.8, 4) is 5.75 Å². The van der Waals surface area contributed by atoms with Crippen molar-refractivity contribution in [2.75, 3.05) is 5.73 Å². The van der Waals surface area contributed by atoms with Crippen LogP contribution in [0.25, 0.3) is 0 Å². The van der Waals surface area contributed by atoms with Crippen LogP contribution in [-0.2, 0) is 6.61 Å². The maximum absolute atomic E-state index is 13.1. The zero-order valence-electron chi connectivity index (χ0n) is 8.24. The highest BCUT2D eigenvalue weighted by Crippen LogP contribution is 2.24. The van der Waals surface area contributed by atoms with Crippen LogP contribution in [0.4, 0.5) is 10.1 Å². The number of ether oxygens (including phenoxy) is 1. The summed E-state index contributed by atoms with van der Waals surface area (Å²) in [7, 11) is 0. The zero-order valence-corrected chi connectivity index (χ0v) is 9.82. The number of anilines is 1. The van der Waals surface area contributed by atoms with Crippen LogP contribution in [0.3, 0.4) is 0 Å². The van der Waals surface area contributed by atoms with E-state index in [9.17, 15) is 4.39 Å². The molecule has 1 aromatic carbocycles. The fourth-order valence-corrected chi connectivity index (χ4v) is 2.18. The Labute approximate surface area is 101 Å². The summed E-state index contributed by atoms with van der Waals surface area (Å²) in [4.78, 5) is 0.988. The Morgan fingerprint density at radius 1 is 1.31 bits per heavy atom. The number of nitrogens with two attached hydrogens (primary N) is 1. The summed E-state index contributed by atoms with van der Waals surface area (Å²) < 4.78 is 19.2. The average Bonchev–Trinajstić information content (AvgIpc) is 2.66. The third kappa shape index (κ3) is 2.65. The SMILES string of the molecule is Nc1ccc(OCc2ccc(Cl)s2)cc1F. The van der Waals surface area contributed by atoms with Gasteiger partial charge in [-0.3, -0.25) is 0 Å². The van der Waals surface area contributed by atoms with Gasteiger partial charge in [-0.25, -0.2) is 4.39 Å². The van der Waals surface area contributed by atoms with Gasteiger partial charge in [-0.15, -0.1) is 11.3 Å². The van der Waals surface area contributed by atoms with E-state index in [1.165, 1.54) is 23.5 Å². The number of nitrogen functional groups attached to an aromatic ring is 1. The normalized spacial score (nSPS) is 10.4. The van der Waals surface area contributed by atoms with Gasteiger partial charge in [0.15, 0.2) is 0 Å². The minimum atomic E-state index is -0.471. The maximum atomic E-state index is 13.1. The fraction of sp³-hybridized carbons (Fsp3) is 0.0909. The van der Waals surface area contributed by atoms with Gasteiger partial charge in [-0.05, 0) is 24.3 Å². The molecule has 5 heteroatoms. The Hall–Kier alpha value is -1.26. The fourth-order valence-electron chi connectivity index (χ4n) is 1.18. The van der Waals surface area contributed by atoms with Crippen LogP contribution in [0.1, 0.15) is 4.88 Å². The van der Waals surface area contributed by atoms with E-state index in [-0.39, 0.29) is 5.69 Å². The van der Waals surface area contributed by atoms with Crippen molar-refractivity contribution in [1.82, 2.24) is 0 Å². The largest absolute Gasteiger partial charge is 0.488 e. The highest BCUT2D eigenvalue weighted by molar-refractivity contribution is 7.16. The average molecular weight is 258 g/mol. The smallest absolute Gasteiger partial charge is 0.149 e. The molecule has 0 amide bonds. The molecule has 16 heavy (non-hydrogen) atoms. The van der Waals surface area contributed by atoms with E-state index in [2.05, 4.69) is 0 Å². The van der Waals surface area contributed by atoms with Gasteiger partial charge in [0, 0.05) is 10.9 Å². The highest BCUT2D eigenvalue weighted by atomic mass is 35.5. The second-order valence-corrected chi connectivity index (χ2v) is 4.98. The summed E-state index contributed by atoms with van der Waals surface area (Å²) in [6.07, 6.45) is 0. The number of halogens is 2. The molecule has 0 radical (unpaired) electrons. The van der Waals surface area contributed by atoms with Crippen molar-refractivity contribution in [3.05, 3.63) is 45.4 Å². The molecule has 2 rings (SSSR count). The molecule has 0 saturated heterocycles. The first-order chi connectivity index (χ1) is 7.65.